The van der Waals surface area contributed by atoms with Crippen molar-refractivity contribution in [3.05, 3.63) is 23.8 Å². The Morgan fingerprint density at radius 3 is 2.85 bits per heavy atom. The van der Waals surface area contributed by atoms with E-state index < -0.39 is 0 Å². The van der Waals surface area contributed by atoms with Crippen molar-refractivity contribution in [3.8, 4) is 11.8 Å². The normalized spacial score (nSPS) is 9.31. The minimum absolute atomic E-state index is 0.400. The largest absolute Gasteiger partial charge is 0.496 e. The van der Waals surface area contributed by atoms with Gasteiger partial charge in [-0.05, 0) is 24.5 Å². The molecule has 13 heavy (non-hydrogen) atoms. The van der Waals surface area contributed by atoms with Crippen molar-refractivity contribution in [2.75, 3.05) is 13.4 Å². The van der Waals surface area contributed by atoms with Crippen molar-refractivity contribution in [2.45, 2.75) is 11.3 Å². The Hall–Kier alpha value is -1.14. The number of thioether (sulfide) groups is 1. The van der Waals surface area contributed by atoms with Crippen LogP contribution in [0.1, 0.15) is 5.56 Å². The summed E-state index contributed by atoms with van der Waals surface area (Å²) in [6.45, 7) is 0. The molecule has 2 nitrogen and oxygen atoms in total. The van der Waals surface area contributed by atoms with Gasteiger partial charge in [-0.15, -0.1) is 11.8 Å². The average molecular weight is 193 g/mol. The number of nitrogens with zero attached hydrogens (tertiary/aromatic N) is 1. The van der Waals surface area contributed by atoms with Crippen LogP contribution in [0, 0.1) is 11.3 Å². The number of hydrogen-bond donors (Lipinski definition) is 0. The van der Waals surface area contributed by atoms with Crippen molar-refractivity contribution in [1.29, 1.82) is 5.26 Å². The zero-order valence-corrected chi connectivity index (χ0v) is 8.52. The lowest BCUT2D eigenvalue weighted by Crippen LogP contribution is -1.91. The van der Waals surface area contributed by atoms with Crippen molar-refractivity contribution < 1.29 is 4.74 Å². The average Bonchev–Trinajstić information content (AvgIpc) is 2.18. The summed E-state index contributed by atoms with van der Waals surface area (Å²) in [5.41, 5.74) is 0.955. The van der Waals surface area contributed by atoms with Crippen molar-refractivity contribution in [2.24, 2.45) is 0 Å². The van der Waals surface area contributed by atoms with E-state index in [-0.39, 0.29) is 0 Å². The molecule has 0 saturated carbocycles. The maximum Gasteiger partial charge on any atom is 0.123 e. The standard InChI is InChI=1S/C10H11NOS/c1-12-10-4-3-9(13-2)7-8(10)5-6-11/h3-4,7H,5H2,1-2H3. The van der Waals surface area contributed by atoms with Crippen LogP contribution in [0.3, 0.4) is 0 Å². The molecule has 0 aliphatic heterocycles. The fourth-order valence-electron chi connectivity index (χ4n) is 1.11. The molecule has 0 N–H and O–H groups in total. The highest BCUT2D eigenvalue weighted by molar-refractivity contribution is 7.98. The minimum Gasteiger partial charge on any atom is -0.496 e. The molecule has 3 heteroatoms. The first kappa shape index (κ1) is 9.94. The summed E-state index contributed by atoms with van der Waals surface area (Å²) in [6, 6.07) is 8.01. The summed E-state index contributed by atoms with van der Waals surface area (Å²) in [4.78, 5) is 1.16. The van der Waals surface area contributed by atoms with E-state index in [9.17, 15) is 0 Å². The molecular weight excluding hydrogens is 182 g/mol. The molecule has 0 aliphatic carbocycles. The SMILES string of the molecule is COc1ccc(SC)cc1CC#N. The highest BCUT2D eigenvalue weighted by Gasteiger charge is 2.02. The van der Waals surface area contributed by atoms with Crippen LogP contribution >= 0.6 is 11.8 Å². The zero-order chi connectivity index (χ0) is 9.68. The Morgan fingerprint density at radius 1 is 1.54 bits per heavy atom. The molecule has 68 valence electrons. The lowest BCUT2D eigenvalue weighted by molar-refractivity contribution is 0.410. The highest BCUT2D eigenvalue weighted by atomic mass is 32.2. The minimum atomic E-state index is 0.400. The third-order valence-corrected chi connectivity index (χ3v) is 2.48. The number of hydrogen-bond acceptors (Lipinski definition) is 3. The van der Waals surface area contributed by atoms with Gasteiger partial charge < -0.3 is 4.74 Å². The second-order valence-electron chi connectivity index (χ2n) is 2.51. The first-order chi connectivity index (χ1) is 6.31. The monoisotopic (exact) mass is 193 g/mol. The summed E-state index contributed by atoms with van der Waals surface area (Å²) in [5, 5.41) is 8.59. The Bertz CT molecular complexity index is 330. The Kier molecular flexibility index (Phi) is 3.66. The summed E-state index contributed by atoms with van der Waals surface area (Å²) in [5.74, 6) is 0.791. The number of nitriles is 1. The lowest BCUT2D eigenvalue weighted by Gasteiger charge is -2.06. The van der Waals surface area contributed by atoms with Crippen LogP contribution in [-0.4, -0.2) is 13.4 Å². The zero-order valence-electron chi connectivity index (χ0n) is 7.70. The Balaban J connectivity index is 3.04. The van der Waals surface area contributed by atoms with Crippen molar-refractivity contribution in [3.63, 3.8) is 0 Å². The maximum atomic E-state index is 8.59. The molecule has 0 fully saturated rings. The van der Waals surface area contributed by atoms with E-state index in [2.05, 4.69) is 6.07 Å². The molecule has 1 rings (SSSR count). The van der Waals surface area contributed by atoms with Gasteiger partial charge in [0, 0.05) is 10.5 Å². The van der Waals surface area contributed by atoms with Crippen LogP contribution < -0.4 is 4.74 Å². The van der Waals surface area contributed by atoms with Gasteiger partial charge in [-0.3, -0.25) is 0 Å². The van der Waals surface area contributed by atoms with Gasteiger partial charge in [-0.25, -0.2) is 0 Å². The van der Waals surface area contributed by atoms with Crippen LogP contribution in [0.15, 0.2) is 23.1 Å². The van der Waals surface area contributed by atoms with E-state index in [1.807, 2.05) is 24.5 Å². The van der Waals surface area contributed by atoms with Gasteiger partial charge in [0.2, 0.25) is 0 Å². The van der Waals surface area contributed by atoms with Gasteiger partial charge in [0.05, 0.1) is 19.6 Å². The molecule has 0 saturated heterocycles. The molecule has 0 unspecified atom stereocenters. The molecule has 0 heterocycles. The van der Waals surface area contributed by atoms with E-state index in [4.69, 9.17) is 10.00 Å². The number of methoxy groups -OCH3 is 1. The number of ether oxygens (including phenoxy) is 1. The topological polar surface area (TPSA) is 33.0 Å². The van der Waals surface area contributed by atoms with Gasteiger partial charge in [0.25, 0.3) is 0 Å². The van der Waals surface area contributed by atoms with Crippen molar-refractivity contribution >= 4 is 11.8 Å². The van der Waals surface area contributed by atoms with Gasteiger partial charge in [-0.2, -0.15) is 5.26 Å². The fraction of sp³-hybridized carbons (Fsp3) is 0.300. The van der Waals surface area contributed by atoms with Gasteiger partial charge in [0.1, 0.15) is 5.75 Å². The van der Waals surface area contributed by atoms with Crippen LogP contribution in [0.4, 0.5) is 0 Å². The van der Waals surface area contributed by atoms with E-state index in [0.29, 0.717) is 6.42 Å². The first-order valence-corrected chi connectivity index (χ1v) is 5.12. The van der Waals surface area contributed by atoms with E-state index in [1.165, 1.54) is 0 Å². The molecule has 1 aromatic rings. The quantitative estimate of drug-likeness (QED) is 0.691. The summed E-state index contributed by atoms with van der Waals surface area (Å²) in [6.07, 6.45) is 2.41. The predicted octanol–water partition coefficient (Wildman–Crippen LogP) is 2.48. The summed E-state index contributed by atoms with van der Waals surface area (Å²) in [7, 11) is 1.62. The third-order valence-electron chi connectivity index (χ3n) is 1.76. The smallest absolute Gasteiger partial charge is 0.123 e. The summed E-state index contributed by atoms with van der Waals surface area (Å²) < 4.78 is 5.14. The van der Waals surface area contributed by atoms with Gasteiger partial charge in [-0.1, -0.05) is 0 Å². The second kappa shape index (κ2) is 4.78. The molecular formula is C10H11NOS. The number of benzene rings is 1. The molecule has 0 aromatic heterocycles. The third kappa shape index (κ3) is 2.40. The van der Waals surface area contributed by atoms with Crippen LogP contribution in [0.5, 0.6) is 5.75 Å². The highest BCUT2D eigenvalue weighted by Crippen LogP contribution is 2.24. The molecule has 0 spiro atoms. The van der Waals surface area contributed by atoms with E-state index in [1.54, 1.807) is 18.9 Å². The fourth-order valence-corrected chi connectivity index (χ4v) is 1.57. The molecule has 0 bridgehead atoms. The summed E-state index contributed by atoms with van der Waals surface area (Å²) >= 11 is 1.66. The maximum absolute atomic E-state index is 8.59. The second-order valence-corrected chi connectivity index (χ2v) is 3.39. The molecule has 0 radical (unpaired) electrons. The van der Waals surface area contributed by atoms with E-state index in [0.717, 1.165) is 16.2 Å². The molecule has 0 amide bonds. The number of rotatable bonds is 3. The van der Waals surface area contributed by atoms with Crippen molar-refractivity contribution in [1.82, 2.24) is 0 Å². The van der Waals surface area contributed by atoms with Crippen LogP contribution in [0.25, 0.3) is 0 Å². The van der Waals surface area contributed by atoms with E-state index >= 15 is 0 Å². The predicted molar refractivity (Wildman–Crippen MR) is 54.1 cm³/mol. The Labute approximate surface area is 82.5 Å². The Morgan fingerprint density at radius 2 is 2.31 bits per heavy atom. The molecule has 0 atom stereocenters. The lowest BCUT2D eigenvalue weighted by atomic mass is 10.1. The van der Waals surface area contributed by atoms with Crippen LogP contribution in [-0.2, 0) is 6.42 Å². The van der Waals surface area contributed by atoms with Gasteiger partial charge in [0.15, 0.2) is 0 Å². The molecule has 0 aliphatic rings. The van der Waals surface area contributed by atoms with Gasteiger partial charge >= 0.3 is 0 Å². The molecule has 1 aromatic carbocycles. The first-order valence-electron chi connectivity index (χ1n) is 3.89. The van der Waals surface area contributed by atoms with Crippen LogP contribution in [0.2, 0.25) is 0 Å².